The largest absolute Gasteiger partial charge is 0.353 e. The monoisotopic (exact) mass is 216 g/mol. The molecule has 0 amide bonds. The van der Waals surface area contributed by atoms with E-state index in [1.54, 1.807) is 0 Å². The first-order valence-electron chi connectivity index (χ1n) is 5.90. The Morgan fingerprint density at radius 1 is 1.12 bits per heavy atom. The molecular weight excluding hydrogens is 196 g/mol. The van der Waals surface area contributed by atoms with Gasteiger partial charge >= 0.3 is 0 Å². The van der Waals surface area contributed by atoms with E-state index in [1.807, 2.05) is 0 Å². The van der Waals surface area contributed by atoms with E-state index in [9.17, 15) is 0 Å². The number of hydrogen-bond donors (Lipinski definition) is 0. The summed E-state index contributed by atoms with van der Waals surface area (Å²) in [6.07, 6.45) is 5.50. The van der Waals surface area contributed by atoms with Crippen LogP contribution < -0.4 is 4.90 Å². The van der Waals surface area contributed by atoms with Crippen molar-refractivity contribution in [2.45, 2.75) is 32.7 Å². The summed E-state index contributed by atoms with van der Waals surface area (Å²) in [5, 5.41) is 0. The summed E-state index contributed by atoms with van der Waals surface area (Å²) in [7, 11) is 0. The summed E-state index contributed by atoms with van der Waals surface area (Å²) >= 11 is 0. The lowest BCUT2D eigenvalue weighted by Gasteiger charge is -2.35. The molecule has 0 saturated carbocycles. The van der Waals surface area contributed by atoms with Crippen LogP contribution in [0.3, 0.4) is 0 Å². The van der Waals surface area contributed by atoms with Gasteiger partial charge in [0.2, 0.25) is 0 Å². The Kier molecular flexibility index (Phi) is 2.90. The summed E-state index contributed by atoms with van der Waals surface area (Å²) in [4.78, 5) is 4.66. The maximum Gasteiger partial charge on any atom is 0.0946 e. The summed E-state index contributed by atoms with van der Waals surface area (Å²) in [6.45, 7) is 7.75. The van der Waals surface area contributed by atoms with Gasteiger partial charge in [-0.2, -0.15) is 0 Å². The third-order valence-corrected chi connectivity index (χ3v) is 3.46. The van der Waals surface area contributed by atoms with Gasteiger partial charge in [-0.25, -0.2) is 0 Å². The van der Waals surface area contributed by atoms with Crippen LogP contribution in [0.25, 0.3) is 0 Å². The van der Waals surface area contributed by atoms with Crippen molar-refractivity contribution in [3.8, 4) is 0 Å². The molecule has 0 bridgehead atoms. The summed E-state index contributed by atoms with van der Waals surface area (Å²) in [6, 6.07) is 10.5. The smallest absolute Gasteiger partial charge is 0.0946 e. The minimum Gasteiger partial charge on any atom is -0.353 e. The highest BCUT2D eigenvalue weighted by Gasteiger charge is 2.26. The molecule has 0 aromatic heterocycles. The SMILES string of the molecule is CCC(C)(C)N1C=CN(c2ccccc2)C1. The Bertz CT molecular complexity index is 368. The molecule has 0 N–H and O–H groups in total. The van der Waals surface area contributed by atoms with Crippen molar-refractivity contribution in [2.75, 3.05) is 11.6 Å². The van der Waals surface area contributed by atoms with Crippen LogP contribution in [0.1, 0.15) is 27.2 Å². The molecule has 0 unspecified atom stereocenters. The van der Waals surface area contributed by atoms with E-state index in [1.165, 1.54) is 5.69 Å². The minimum absolute atomic E-state index is 0.236. The Balaban J connectivity index is 2.08. The van der Waals surface area contributed by atoms with Gasteiger partial charge in [-0.1, -0.05) is 25.1 Å². The van der Waals surface area contributed by atoms with Gasteiger partial charge in [0.25, 0.3) is 0 Å². The standard InChI is InChI=1S/C14H20N2/c1-4-14(2,3)16-11-10-15(12-16)13-8-6-5-7-9-13/h5-11H,4,12H2,1-3H3. The summed E-state index contributed by atoms with van der Waals surface area (Å²) in [5.41, 5.74) is 1.49. The third-order valence-electron chi connectivity index (χ3n) is 3.46. The fourth-order valence-electron chi connectivity index (χ4n) is 1.80. The third kappa shape index (κ3) is 2.06. The first-order chi connectivity index (χ1) is 7.63. The fraction of sp³-hybridized carbons (Fsp3) is 0.429. The van der Waals surface area contributed by atoms with E-state index >= 15 is 0 Å². The van der Waals surface area contributed by atoms with E-state index in [0.29, 0.717) is 0 Å². The van der Waals surface area contributed by atoms with Crippen molar-refractivity contribution >= 4 is 5.69 Å². The molecule has 1 aromatic rings. The van der Waals surface area contributed by atoms with Crippen LogP contribution >= 0.6 is 0 Å². The molecule has 86 valence electrons. The van der Waals surface area contributed by atoms with Crippen LogP contribution in [-0.2, 0) is 0 Å². The fourth-order valence-corrected chi connectivity index (χ4v) is 1.80. The molecule has 0 spiro atoms. The number of nitrogens with zero attached hydrogens (tertiary/aromatic N) is 2. The van der Waals surface area contributed by atoms with E-state index in [2.05, 4.69) is 73.3 Å². The van der Waals surface area contributed by atoms with Crippen LogP contribution in [0.4, 0.5) is 5.69 Å². The van der Waals surface area contributed by atoms with E-state index in [4.69, 9.17) is 0 Å². The predicted octanol–water partition coefficient (Wildman–Crippen LogP) is 3.43. The number of rotatable bonds is 3. The molecule has 1 aliphatic rings. The lowest BCUT2D eigenvalue weighted by molar-refractivity contribution is 0.194. The van der Waals surface area contributed by atoms with Gasteiger partial charge < -0.3 is 9.80 Å². The van der Waals surface area contributed by atoms with Crippen LogP contribution in [-0.4, -0.2) is 17.1 Å². The van der Waals surface area contributed by atoms with E-state index in [-0.39, 0.29) is 5.54 Å². The second kappa shape index (κ2) is 4.20. The molecule has 0 atom stereocenters. The van der Waals surface area contributed by atoms with Gasteiger partial charge in [-0.15, -0.1) is 0 Å². The zero-order chi connectivity index (χ0) is 11.6. The Hall–Kier alpha value is -1.44. The lowest BCUT2D eigenvalue weighted by atomic mass is 10.0. The highest BCUT2D eigenvalue weighted by molar-refractivity contribution is 5.49. The first kappa shape index (κ1) is 11.1. The Morgan fingerprint density at radius 2 is 1.81 bits per heavy atom. The second-order valence-corrected chi connectivity index (χ2v) is 4.88. The molecule has 1 aliphatic heterocycles. The topological polar surface area (TPSA) is 6.48 Å². The number of anilines is 1. The van der Waals surface area contributed by atoms with E-state index < -0.39 is 0 Å². The first-order valence-corrected chi connectivity index (χ1v) is 5.90. The van der Waals surface area contributed by atoms with Crippen molar-refractivity contribution in [1.82, 2.24) is 4.90 Å². The quantitative estimate of drug-likeness (QED) is 0.763. The molecule has 0 radical (unpaired) electrons. The average Bonchev–Trinajstić information content (AvgIpc) is 2.80. The average molecular weight is 216 g/mol. The van der Waals surface area contributed by atoms with Gasteiger partial charge in [0, 0.05) is 23.6 Å². The van der Waals surface area contributed by atoms with Crippen LogP contribution in [0.15, 0.2) is 42.7 Å². The van der Waals surface area contributed by atoms with Crippen LogP contribution in [0, 0.1) is 0 Å². The lowest BCUT2D eigenvalue weighted by Crippen LogP contribution is -2.41. The molecule has 0 fully saturated rings. The Morgan fingerprint density at radius 3 is 2.44 bits per heavy atom. The molecule has 1 aromatic carbocycles. The molecule has 0 saturated heterocycles. The van der Waals surface area contributed by atoms with Crippen molar-refractivity contribution in [2.24, 2.45) is 0 Å². The summed E-state index contributed by atoms with van der Waals surface area (Å²) < 4.78 is 0. The van der Waals surface area contributed by atoms with Gasteiger partial charge in [0.15, 0.2) is 0 Å². The maximum atomic E-state index is 2.39. The number of para-hydroxylation sites is 1. The van der Waals surface area contributed by atoms with Crippen molar-refractivity contribution < 1.29 is 0 Å². The predicted molar refractivity (Wildman–Crippen MR) is 69.1 cm³/mol. The Labute approximate surface area is 98.2 Å². The minimum atomic E-state index is 0.236. The maximum absolute atomic E-state index is 2.39. The van der Waals surface area contributed by atoms with Crippen molar-refractivity contribution in [1.29, 1.82) is 0 Å². The molecule has 2 rings (SSSR count). The molecule has 16 heavy (non-hydrogen) atoms. The highest BCUT2D eigenvalue weighted by atomic mass is 15.4. The van der Waals surface area contributed by atoms with Crippen LogP contribution in [0.2, 0.25) is 0 Å². The summed E-state index contributed by atoms with van der Waals surface area (Å²) in [5.74, 6) is 0. The van der Waals surface area contributed by atoms with Crippen molar-refractivity contribution in [3.05, 3.63) is 42.7 Å². The van der Waals surface area contributed by atoms with Gasteiger partial charge in [0.1, 0.15) is 0 Å². The normalized spacial score (nSPS) is 15.9. The van der Waals surface area contributed by atoms with Crippen molar-refractivity contribution in [3.63, 3.8) is 0 Å². The van der Waals surface area contributed by atoms with Gasteiger partial charge in [-0.05, 0) is 32.4 Å². The highest BCUT2D eigenvalue weighted by Crippen LogP contribution is 2.26. The van der Waals surface area contributed by atoms with Gasteiger partial charge in [0.05, 0.1) is 6.67 Å². The zero-order valence-electron chi connectivity index (χ0n) is 10.4. The molecule has 2 nitrogen and oxygen atoms in total. The van der Waals surface area contributed by atoms with E-state index in [0.717, 1.165) is 13.1 Å². The van der Waals surface area contributed by atoms with Crippen LogP contribution in [0.5, 0.6) is 0 Å². The number of benzene rings is 1. The molecule has 2 heteroatoms. The molecular formula is C14H20N2. The number of hydrogen-bond acceptors (Lipinski definition) is 2. The second-order valence-electron chi connectivity index (χ2n) is 4.88. The zero-order valence-corrected chi connectivity index (χ0v) is 10.4. The molecule has 0 aliphatic carbocycles. The van der Waals surface area contributed by atoms with Gasteiger partial charge in [-0.3, -0.25) is 0 Å². The molecule has 1 heterocycles.